The van der Waals surface area contributed by atoms with Crippen LogP contribution in [0, 0.1) is 23.3 Å². The Kier molecular flexibility index (Phi) is 3.86. The summed E-state index contributed by atoms with van der Waals surface area (Å²) in [6.45, 7) is 0. The first-order valence-electron chi connectivity index (χ1n) is 12.2. The molecule has 0 fully saturated rings. The molecule has 4 heterocycles. The van der Waals surface area contributed by atoms with Gasteiger partial charge in [0.1, 0.15) is 34.3 Å². The van der Waals surface area contributed by atoms with Crippen molar-refractivity contribution in [2.45, 2.75) is 0 Å². The molecule has 0 bridgehead atoms. The highest BCUT2D eigenvalue weighted by molar-refractivity contribution is 6.20. The van der Waals surface area contributed by atoms with Crippen molar-refractivity contribution in [3.8, 4) is 0 Å². The molecule has 0 spiro atoms. The fourth-order valence-electron chi connectivity index (χ4n) is 5.62. The summed E-state index contributed by atoms with van der Waals surface area (Å²) < 4.78 is 86.2. The van der Waals surface area contributed by atoms with Crippen LogP contribution in [-0.4, -0.2) is 8.80 Å². The van der Waals surface area contributed by atoms with Crippen LogP contribution in [-0.2, 0) is 0 Å². The smallest absolute Gasteiger partial charge is 0.200 e. The molecule has 9 aromatic rings. The van der Waals surface area contributed by atoms with E-state index in [9.17, 15) is 17.6 Å². The van der Waals surface area contributed by atoms with Gasteiger partial charge in [0.2, 0.25) is 0 Å². The molecule has 5 aromatic carbocycles. The minimum absolute atomic E-state index is 0.149. The molecule has 0 aliphatic heterocycles. The van der Waals surface area contributed by atoms with Gasteiger partial charge in [-0.1, -0.05) is 0 Å². The topological polar surface area (TPSA) is 61.4 Å². The van der Waals surface area contributed by atoms with Crippen LogP contribution >= 0.6 is 0 Å². The number of rotatable bonds is 0. The van der Waals surface area contributed by atoms with Gasteiger partial charge in [-0.3, -0.25) is 8.80 Å². The molecular weight excluding hydrogens is 528 g/mol. The summed E-state index contributed by atoms with van der Waals surface area (Å²) in [6.07, 6.45) is 0. The van der Waals surface area contributed by atoms with E-state index in [2.05, 4.69) is 0 Å². The van der Waals surface area contributed by atoms with E-state index >= 15 is 0 Å². The molecule has 0 atom stereocenters. The molecule has 4 aromatic heterocycles. The Morgan fingerprint density at radius 3 is 0.875 bits per heavy atom. The van der Waals surface area contributed by atoms with Gasteiger partial charge in [0, 0.05) is 24.3 Å². The van der Waals surface area contributed by atoms with Gasteiger partial charge in [0.25, 0.3) is 0 Å². The zero-order valence-electron chi connectivity index (χ0n) is 20.0. The van der Waals surface area contributed by atoms with E-state index in [4.69, 9.17) is 17.7 Å². The molecule has 10 heteroatoms. The monoisotopic (exact) mass is 540 g/mol. The lowest BCUT2D eigenvalue weighted by Gasteiger charge is -2.18. The molecule has 0 N–H and O–H groups in total. The second-order valence-corrected chi connectivity index (χ2v) is 9.54. The molecule has 0 saturated heterocycles. The first kappa shape index (κ1) is 21.5. The summed E-state index contributed by atoms with van der Waals surface area (Å²) in [6, 6.07) is 16.2. The number of hydrogen-bond donors (Lipinski definition) is 0. The fourth-order valence-corrected chi connectivity index (χ4v) is 5.62. The second kappa shape index (κ2) is 7.17. The summed E-state index contributed by atoms with van der Waals surface area (Å²) in [5, 5.41) is 0. The molecule has 0 radical (unpaired) electrons. The third-order valence-electron chi connectivity index (χ3n) is 7.22. The largest absolute Gasteiger partial charge is 0.449 e. The van der Waals surface area contributed by atoms with Gasteiger partial charge in [-0.05, 0) is 48.5 Å². The number of aromatic nitrogens is 2. The number of fused-ring (bicyclic) bond motifs is 10. The highest BCUT2D eigenvalue weighted by Crippen LogP contribution is 2.43. The first-order valence-corrected chi connectivity index (χ1v) is 12.2. The third kappa shape index (κ3) is 2.67. The normalized spacial score (nSPS) is 12.5. The summed E-state index contributed by atoms with van der Waals surface area (Å²) in [5.41, 5.74) is 3.80. The maximum Gasteiger partial charge on any atom is 0.200 e. The van der Waals surface area contributed by atoms with Crippen LogP contribution in [0.25, 0.3) is 77.8 Å². The molecule has 0 amide bonds. The van der Waals surface area contributed by atoms with Crippen molar-refractivity contribution in [1.82, 2.24) is 8.80 Å². The fraction of sp³-hybridized carbons (Fsp3) is 0. The second-order valence-electron chi connectivity index (χ2n) is 9.54. The van der Waals surface area contributed by atoms with Gasteiger partial charge in [0.15, 0.2) is 44.7 Å². The quantitative estimate of drug-likeness (QED) is 0.109. The van der Waals surface area contributed by atoms with E-state index in [1.54, 1.807) is 8.80 Å². The minimum atomic E-state index is -0.532. The van der Waals surface area contributed by atoms with Gasteiger partial charge in [-0.2, -0.15) is 0 Å². The summed E-state index contributed by atoms with van der Waals surface area (Å²) in [7, 11) is 0. The van der Waals surface area contributed by atoms with Gasteiger partial charge >= 0.3 is 0 Å². The summed E-state index contributed by atoms with van der Waals surface area (Å²) in [5.74, 6) is -2.13. The lowest BCUT2D eigenvalue weighted by atomic mass is 10.1. The number of halogens is 4. The molecule has 40 heavy (non-hydrogen) atoms. The Labute approximate surface area is 218 Å². The van der Waals surface area contributed by atoms with Crippen molar-refractivity contribution in [1.29, 1.82) is 0 Å². The Hall–Kier alpha value is -5.38. The van der Waals surface area contributed by atoms with Gasteiger partial charge in [-0.15, -0.1) is 0 Å². The molecule has 0 aliphatic rings. The molecular formula is C30H12F4N2O4. The predicted octanol–water partition coefficient (Wildman–Crippen LogP) is 9.16. The maximum absolute atomic E-state index is 14.4. The van der Waals surface area contributed by atoms with Crippen molar-refractivity contribution in [2.24, 2.45) is 0 Å². The van der Waals surface area contributed by atoms with Crippen LogP contribution in [0.1, 0.15) is 0 Å². The lowest BCUT2D eigenvalue weighted by Crippen LogP contribution is -2.02. The van der Waals surface area contributed by atoms with E-state index in [-0.39, 0.29) is 44.7 Å². The number of hydrogen-bond acceptors (Lipinski definition) is 4. The number of nitrogens with zero attached hydrogens (tertiary/aromatic N) is 2. The van der Waals surface area contributed by atoms with Crippen LogP contribution < -0.4 is 0 Å². The molecule has 0 saturated carbocycles. The molecule has 6 nitrogen and oxygen atoms in total. The molecule has 194 valence electrons. The van der Waals surface area contributed by atoms with Crippen LogP contribution in [0.3, 0.4) is 0 Å². The standard InChI is InChI=1S/C30H12F4N2O4/c31-13-1-5-17-21(9-13)37-27-25-28(38-22-10-14(32)2-6-18(22)35(17)25)30-26-29(27)39-23-11-15(33)3-7-19(23)36(26)20-8-4-16(34)12-24(20)40-30/h1-12H. The average Bonchev–Trinajstić information content (AvgIpc) is 2.93. The summed E-state index contributed by atoms with van der Waals surface area (Å²) in [4.78, 5) is 0. The van der Waals surface area contributed by atoms with E-state index in [1.807, 2.05) is 0 Å². The maximum atomic E-state index is 14.4. The zero-order chi connectivity index (χ0) is 26.9. The lowest BCUT2D eigenvalue weighted by molar-refractivity contribution is 0.582. The Morgan fingerprint density at radius 1 is 0.375 bits per heavy atom. The van der Waals surface area contributed by atoms with Crippen molar-refractivity contribution in [2.75, 3.05) is 0 Å². The minimum Gasteiger partial charge on any atom is -0.449 e. The Balaban J connectivity index is 1.71. The zero-order valence-corrected chi connectivity index (χ0v) is 20.0. The van der Waals surface area contributed by atoms with Crippen molar-refractivity contribution < 1.29 is 35.2 Å². The highest BCUT2D eigenvalue weighted by Gasteiger charge is 2.26. The van der Waals surface area contributed by atoms with Crippen LogP contribution in [0.2, 0.25) is 0 Å². The highest BCUT2D eigenvalue weighted by atomic mass is 19.1. The SMILES string of the molecule is Fc1ccc2c(c1)oc1c3oc4cc(F)ccc4n4c5ccc(F)cc5oc(c5oc6cc(F)ccc6n2c15)c34. The van der Waals surface area contributed by atoms with Crippen LogP contribution in [0.4, 0.5) is 17.6 Å². The predicted molar refractivity (Wildman–Crippen MR) is 140 cm³/mol. The molecule has 9 rings (SSSR count). The van der Waals surface area contributed by atoms with Crippen molar-refractivity contribution in [3.63, 3.8) is 0 Å². The third-order valence-corrected chi connectivity index (χ3v) is 7.22. The van der Waals surface area contributed by atoms with E-state index in [1.165, 1.54) is 72.8 Å². The van der Waals surface area contributed by atoms with Crippen molar-refractivity contribution in [3.05, 3.63) is 96.1 Å². The Morgan fingerprint density at radius 2 is 0.625 bits per heavy atom. The van der Waals surface area contributed by atoms with E-state index in [0.29, 0.717) is 33.1 Å². The van der Waals surface area contributed by atoms with E-state index in [0.717, 1.165) is 0 Å². The van der Waals surface area contributed by atoms with Crippen LogP contribution in [0.15, 0.2) is 90.5 Å². The van der Waals surface area contributed by atoms with Gasteiger partial charge < -0.3 is 17.7 Å². The number of benzene rings is 5. The van der Waals surface area contributed by atoms with Crippen LogP contribution in [0.5, 0.6) is 0 Å². The van der Waals surface area contributed by atoms with Gasteiger partial charge in [-0.25, -0.2) is 17.6 Å². The molecule has 0 aliphatic carbocycles. The molecule has 0 unspecified atom stereocenters. The average molecular weight is 540 g/mol. The van der Waals surface area contributed by atoms with Gasteiger partial charge in [0.05, 0.1) is 22.1 Å². The Bertz CT molecular complexity index is 2260. The van der Waals surface area contributed by atoms with E-state index < -0.39 is 23.3 Å². The summed E-state index contributed by atoms with van der Waals surface area (Å²) >= 11 is 0. The first-order chi connectivity index (χ1) is 19.4. The van der Waals surface area contributed by atoms with Crippen molar-refractivity contribution >= 4 is 77.8 Å².